The van der Waals surface area contributed by atoms with Gasteiger partial charge in [-0.05, 0) is 31.2 Å². The molecule has 0 amide bonds. The fraction of sp³-hybridized carbons (Fsp3) is 0.500. The predicted molar refractivity (Wildman–Crippen MR) is 57.4 cm³/mol. The summed E-state index contributed by atoms with van der Waals surface area (Å²) in [5.41, 5.74) is 1.43. The zero-order chi connectivity index (χ0) is 10.3. The van der Waals surface area contributed by atoms with Crippen LogP contribution in [-0.2, 0) is 5.54 Å². The Balaban J connectivity index is 2.08. The van der Waals surface area contributed by atoms with Crippen molar-refractivity contribution in [3.63, 3.8) is 0 Å². The summed E-state index contributed by atoms with van der Waals surface area (Å²) >= 11 is 0. The highest BCUT2D eigenvalue weighted by molar-refractivity contribution is 5.47. The van der Waals surface area contributed by atoms with Crippen molar-refractivity contribution in [3.05, 3.63) is 23.8 Å². The van der Waals surface area contributed by atoms with Gasteiger partial charge in [-0.15, -0.1) is 0 Å². The Hall–Kier alpha value is -1.22. The first kappa shape index (κ1) is 9.04. The smallest absolute Gasteiger partial charge is 0.124 e. The lowest BCUT2D eigenvalue weighted by Gasteiger charge is -2.47. The van der Waals surface area contributed by atoms with Crippen molar-refractivity contribution >= 4 is 0 Å². The van der Waals surface area contributed by atoms with Crippen LogP contribution in [0.5, 0.6) is 11.5 Å². The third-order valence-corrected chi connectivity index (χ3v) is 3.50. The molecule has 0 saturated carbocycles. The lowest BCUT2D eigenvalue weighted by Crippen LogP contribution is -2.56. The Morgan fingerprint density at radius 3 is 2.93 bits per heavy atom. The second-order valence-electron chi connectivity index (χ2n) is 4.22. The molecule has 1 atom stereocenters. The van der Waals surface area contributed by atoms with Gasteiger partial charge in [-0.1, -0.05) is 0 Å². The van der Waals surface area contributed by atoms with Gasteiger partial charge in [0.1, 0.15) is 11.5 Å². The first-order valence-corrected chi connectivity index (χ1v) is 5.40. The van der Waals surface area contributed by atoms with E-state index >= 15 is 0 Å². The molecule has 2 aliphatic rings. The molecule has 0 radical (unpaired) electrons. The van der Waals surface area contributed by atoms with Gasteiger partial charge in [0.15, 0.2) is 0 Å². The molecule has 1 saturated heterocycles. The highest BCUT2D eigenvalue weighted by atomic mass is 16.5. The lowest BCUT2D eigenvalue weighted by atomic mass is 9.76. The van der Waals surface area contributed by atoms with Crippen molar-refractivity contribution in [2.75, 3.05) is 20.3 Å². The molecular formula is C12H15NO2. The van der Waals surface area contributed by atoms with E-state index in [1.54, 1.807) is 7.11 Å². The number of rotatable bonds is 1. The minimum absolute atomic E-state index is 0.169. The number of nitrogens with one attached hydrogen (secondary N) is 1. The monoisotopic (exact) mass is 205 g/mol. The van der Waals surface area contributed by atoms with E-state index < -0.39 is 0 Å². The highest BCUT2D eigenvalue weighted by Crippen LogP contribution is 2.44. The maximum atomic E-state index is 5.66. The van der Waals surface area contributed by atoms with E-state index in [4.69, 9.17) is 9.47 Å². The van der Waals surface area contributed by atoms with Crippen LogP contribution in [0.1, 0.15) is 18.4 Å². The van der Waals surface area contributed by atoms with E-state index in [9.17, 15) is 0 Å². The lowest BCUT2D eigenvalue weighted by molar-refractivity contribution is 0.122. The van der Waals surface area contributed by atoms with E-state index in [0.29, 0.717) is 0 Å². The normalized spacial score (nSPS) is 27.8. The summed E-state index contributed by atoms with van der Waals surface area (Å²) in [7, 11) is 1.70. The fourth-order valence-electron chi connectivity index (χ4n) is 2.48. The molecule has 0 aromatic heterocycles. The number of ether oxygens (including phenoxy) is 2. The maximum absolute atomic E-state index is 5.66. The van der Waals surface area contributed by atoms with Crippen LogP contribution >= 0.6 is 0 Å². The predicted octanol–water partition coefficient (Wildman–Crippen LogP) is 1.67. The second kappa shape index (κ2) is 3.14. The summed E-state index contributed by atoms with van der Waals surface area (Å²) in [6.45, 7) is 1.92. The molecule has 3 nitrogen and oxygen atoms in total. The SMILES string of the molecule is COc1ccc2c(c1)[C@@]1(CCN1)CCO2. The van der Waals surface area contributed by atoms with Crippen LogP contribution in [0.25, 0.3) is 0 Å². The van der Waals surface area contributed by atoms with E-state index in [2.05, 4.69) is 11.4 Å². The number of hydrogen-bond acceptors (Lipinski definition) is 3. The summed E-state index contributed by atoms with van der Waals surface area (Å²) in [5, 5.41) is 3.53. The van der Waals surface area contributed by atoms with Crippen LogP contribution in [0, 0.1) is 0 Å². The molecule has 1 fully saturated rings. The Bertz CT molecular complexity index is 385. The highest BCUT2D eigenvalue weighted by Gasteiger charge is 2.42. The quantitative estimate of drug-likeness (QED) is 0.756. The number of methoxy groups -OCH3 is 1. The Morgan fingerprint density at radius 1 is 1.40 bits per heavy atom. The molecule has 1 N–H and O–H groups in total. The van der Waals surface area contributed by atoms with Crippen LogP contribution in [-0.4, -0.2) is 20.3 Å². The first-order chi connectivity index (χ1) is 7.34. The molecule has 0 aliphatic carbocycles. The van der Waals surface area contributed by atoms with Crippen molar-refractivity contribution in [1.29, 1.82) is 0 Å². The van der Waals surface area contributed by atoms with Gasteiger partial charge >= 0.3 is 0 Å². The van der Waals surface area contributed by atoms with Gasteiger partial charge in [0.2, 0.25) is 0 Å². The molecule has 1 spiro atoms. The minimum atomic E-state index is 0.169. The number of fused-ring (bicyclic) bond motifs is 2. The van der Waals surface area contributed by atoms with Crippen LogP contribution in [0.2, 0.25) is 0 Å². The van der Waals surface area contributed by atoms with Gasteiger partial charge in [0.05, 0.1) is 19.3 Å². The summed E-state index contributed by atoms with van der Waals surface area (Å²) in [6.07, 6.45) is 2.27. The summed E-state index contributed by atoms with van der Waals surface area (Å²) in [5.74, 6) is 1.92. The van der Waals surface area contributed by atoms with Crippen molar-refractivity contribution in [2.45, 2.75) is 18.4 Å². The fourth-order valence-corrected chi connectivity index (χ4v) is 2.48. The van der Waals surface area contributed by atoms with Gasteiger partial charge in [-0.25, -0.2) is 0 Å². The second-order valence-corrected chi connectivity index (χ2v) is 4.22. The van der Waals surface area contributed by atoms with Crippen molar-refractivity contribution in [3.8, 4) is 11.5 Å². The van der Waals surface area contributed by atoms with E-state index in [-0.39, 0.29) is 5.54 Å². The molecule has 80 valence electrons. The van der Waals surface area contributed by atoms with Gasteiger partial charge in [-0.3, -0.25) is 0 Å². The molecule has 3 rings (SSSR count). The van der Waals surface area contributed by atoms with Crippen molar-refractivity contribution < 1.29 is 9.47 Å². The third-order valence-electron chi connectivity index (χ3n) is 3.50. The molecule has 2 heterocycles. The molecule has 0 unspecified atom stereocenters. The largest absolute Gasteiger partial charge is 0.497 e. The van der Waals surface area contributed by atoms with E-state index in [0.717, 1.165) is 31.1 Å². The molecule has 1 aromatic rings. The van der Waals surface area contributed by atoms with Gasteiger partial charge in [0.25, 0.3) is 0 Å². The Kier molecular flexibility index (Phi) is 1.89. The van der Waals surface area contributed by atoms with Crippen LogP contribution in [0.4, 0.5) is 0 Å². The number of hydrogen-bond donors (Lipinski definition) is 1. The van der Waals surface area contributed by atoms with Gasteiger partial charge in [-0.2, -0.15) is 0 Å². The molecular weight excluding hydrogens is 190 g/mol. The third kappa shape index (κ3) is 1.23. The topological polar surface area (TPSA) is 30.5 Å². The van der Waals surface area contributed by atoms with Gasteiger partial charge < -0.3 is 14.8 Å². The molecule has 0 bridgehead atoms. The van der Waals surface area contributed by atoms with Crippen LogP contribution in [0.15, 0.2) is 18.2 Å². The molecule has 15 heavy (non-hydrogen) atoms. The molecule has 2 aliphatic heterocycles. The van der Waals surface area contributed by atoms with Crippen LogP contribution < -0.4 is 14.8 Å². The summed E-state index contributed by atoms with van der Waals surface area (Å²) in [4.78, 5) is 0. The van der Waals surface area contributed by atoms with E-state index in [1.807, 2.05) is 12.1 Å². The Morgan fingerprint density at radius 2 is 2.27 bits per heavy atom. The number of benzene rings is 1. The standard InChI is InChI=1S/C12H15NO2/c1-14-9-2-3-11-10(8-9)12(4-6-13-12)5-7-15-11/h2-3,8,13H,4-7H2,1H3/t12-/m1/s1. The van der Waals surface area contributed by atoms with E-state index in [1.165, 1.54) is 12.0 Å². The van der Waals surface area contributed by atoms with Gasteiger partial charge in [0, 0.05) is 12.0 Å². The van der Waals surface area contributed by atoms with Crippen molar-refractivity contribution in [1.82, 2.24) is 5.32 Å². The minimum Gasteiger partial charge on any atom is -0.497 e. The van der Waals surface area contributed by atoms with Crippen LogP contribution in [0.3, 0.4) is 0 Å². The first-order valence-electron chi connectivity index (χ1n) is 5.40. The van der Waals surface area contributed by atoms with Crippen molar-refractivity contribution in [2.24, 2.45) is 0 Å². The summed E-state index contributed by atoms with van der Waals surface area (Å²) in [6, 6.07) is 6.06. The zero-order valence-electron chi connectivity index (χ0n) is 8.88. The molecule has 3 heteroatoms. The molecule has 1 aromatic carbocycles. The summed E-state index contributed by atoms with van der Waals surface area (Å²) < 4.78 is 10.9. The average Bonchev–Trinajstić information content (AvgIpc) is 2.25. The zero-order valence-corrected chi connectivity index (χ0v) is 8.88. The maximum Gasteiger partial charge on any atom is 0.124 e. The average molecular weight is 205 g/mol. The Labute approximate surface area is 89.4 Å².